The molecule has 2 aromatic carbocycles. The van der Waals surface area contributed by atoms with E-state index in [-0.39, 0.29) is 35.8 Å². The second-order valence-electron chi connectivity index (χ2n) is 7.94. The summed E-state index contributed by atoms with van der Waals surface area (Å²) in [6, 6.07) is 16.6. The van der Waals surface area contributed by atoms with Crippen LogP contribution in [0, 0.1) is 12.8 Å². The minimum atomic E-state index is 0. The van der Waals surface area contributed by atoms with E-state index < -0.39 is 0 Å². The number of halogens is 1. The molecule has 0 saturated heterocycles. The summed E-state index contributed by atoms with van der Waals surface area (Å²) >= 11 is 0. The van der Waals surface area contributed by atoms with Gasteiger partial charge in [-0.15, -0.1) is 24.0 Å². The molecular formula is C24H33IN4O. The Morgan fingerprint density at radius 2 is 1.90 bits per heavy atom. The normalized spacial score (nSPS) is 14.8. The predicted octanol–water partition coefficient (Wildman–Crippen LogP) is 4.82. The number of anilines is 1. The summed E-state index contributed by atoms with van der Waals surface area (Å²) in [5, 5.41) is 9.80. The zero-order valence-electron chi connectivity index (χ0n) is 18.1. The summed E-state index contributed by atoms with van der Waals surface area (Å²) < 4.78 is 0. The quantitative estimate of drug-likeness (QED) is 0.279. The average Bonchev–Trinajstić information content (AvgIpc) is 2.66. The summed E-state index contributed by atoms with van der Waals surface area (Å²) in [6.07, 6.45) is 3.18. The minimum absolute atomic E-state index is 0. The number of aryl methyl sites for hydroxylation is 1. The van der Waals surface area contributed by atoms with Gasteiger partial charge in [0, 0.05) is 31.7 Å². The van der Waals surface area contributed by atoms with Crippen LogP contribution in [0.2, 0.25) is 0 Å². The Kier molecular flexibility index (Phi) is 9.62. The molecule has 1 aliphatic carbocycles. The van der Waals surface area contributed by atoms with Gasteiger partial charge in [-0.3, -0.25) is 9.79 Å². The Hall–Kier alpha value is -2.09. The van der Waals surface area contributed by atoms with Gasteiger partial charge in [-0.1, -0.05) is 55.3 Å². The maximum Gasteiger partial charge on any atom is 0.227 e. The fourth-order valence-corrected chi connectivity index (χ4v) is 3.42. The number of nitrogens with zero attached hydrogens (tertiary/aromatic N) is 1. The van der Waals surface area contributed by atoms with Gasteiger partial charge in [-0.25, -0.2) is 0 Å². The molecule has 1 amide bonds. The van der Waals surface area contributed by atoms with Gasteiger partial charge in [0.05, 0.1) is 0 Å². The molecule has 3 rings (SSSR count). The Balaban J connectivity index is 0.00000320. The van der Waals surface area contributed by atoms with Crippen molar-refractivity contribution in [2.75, 3.05) is 18.9 Å². The highest BCUT2D eigenvalue weighted by Crippen LogP contribution is 2.27. The molecule has 1 fully saturated rings. The number of aliphatic imine (C=N–C) groups is 1. The Morgan fingerprint density at radius 1 is 1.13 bits per heavy atom. The van der Waals surface area contributed by atoms with Gasteiger partial charge >= 0.3 is 0 Å². The first-order chi connectivity index (χ1) is 14.0. The van der Waals surface area contributed by atoms with E-state index in [4.69, 9.17) is 0 Å². The van der Waals surface area contributed by atoms with E-state index in [0.29, 0.717) is 12.5 Å². The Morgan fingerprint density at radius 3 is 2.57 bits per heavy atom. The number of carbonyl (C=O) groups excluding carboxylic acids is 1. The number of rotatable bonds is 7. The van der Waals surface area contributed by atoms with E-state index in [1.54, 1.807) is 7.05 Å². The van der Waals surface area contributed by atoms with Crippen molar-refractivity contribution in [1.29, 1.82) is 0 Å². The van der Waals surface area contributed by atoms with Crippen molar-refractivity contribution in [2.24, 2.45) is 10.9 Å². The molecular weight excluding hydrogens is 487 g/mol. The summed E-state index contributed by atoms with van der Waals surface area (Å²) in [6.45, 7) is 5.78. The van der Waals surface area contributed by atoms with E-state index in [1.807, 2.05) is 18.2 Å². The molecule has 0 aliphatic heterocycles. The van der Waals surface area contributed by atoms with Gasteiger partial charge in [0.1, 0.15) is 0 Å². The summed E-state index contributed by atoms with van der Waals surface area (Å²) in [4.78, 5) is 16.5. The lowest BCUT2D eigenvalue weighted by molar-refractivity contribution is -0.122. The molecule has 1 atom stereocenters. The molecule has 5 nitrogen and oxygen atoms in total. The van der Waals surface area contributed by atoms with Crippen LogP contribution in [-0.4, -0.2) is 25.5 Å². The van der Waals surface area contributed by atoms with Crippen molar-refractivity contribution >= 4 is 41.5 Å². The SMILES string of the molecule is CN=C(NCc1cccc(NC(=O)C2CCC2)c1)NCC(C)c1cccc(C)c1.I. The molecule has 0 heterocycles. The van der Waals surface area contributed by atoms with Crippen molar-refractivity contribution in [3.63, 3.8) is 0 Å². The molecule has 3 N–H and O–H groups in total. The summed E-state index contributed by atoms with van der Waals surface area (Å²) in [7, 11) is 1.78. The molecule has 162 valence electrons. The van der Waals surface area contributed by atoms with Crippen LogP contribution in [-0.2, 0) is 11.3 Å². The molecule has 0 aromatic heterocycles. The van der Waals surface area contributed by atoms with E-state index in [1.165, 1.54) is 11.1 Å². The van der Waals surface area contributed by atoms with Crippen LogP contribution in [0.4, 0.5) is 5.69 Å². The lowest BCUT2D eigenvalue weighted by Gasteiger charge is -2.24. The second-order valence-corrected chi connectivity index (χ2v) is 7.94. The monoisotopic (exact) mass is 520 g/mol. The number of nitrogens with one attached hydrogen (secondary N) is 3. The number of hydrogen-bond donors (Lipinski definition) is 3. The Labute approximate surface area is 197 Å². The second kappa shape index (κ2) is 11.9. The maximum atomic E-state index is 12.1. The van der Waals surface area contributed by atoms with Gasteiger partial charge in [-0.05, 0) is 48.9 Å². The van der Waals surface area contributed by atoms with E-state index >= 15 is 0 Å². The minimum Gasteiger partial charge on any atom is -0.356 e. The molecule has 30 heavy (non-hydrogen) atoms. The van der Waals surface area contributed by atoms with Crippen LogP contribution >= 0.6 is 24.0 Å². The van der Waals surface area contributed by atoms with Crippen LogP contribution in [0.5, 0.6) is 0 Å². The highest BCUT2D eigenvalue weighted by atomic mass is 127. The van der Waals surface area contributed by atoms with Gasteiger partial charge in [0.2, 0.25) is 5.91 Å². The number of carbonyl (C=O) groups is 1. The van der Waals surface area contributed by atoms with Crippen molar-refractivity contribution < 1.29 is 4.79 Å². The molecule has 6 heteroatoms. The van der Waals surface area contributed by atoms with E-state index in [0.717, 1.165) is 43.0 Å². The molecule has 0 radical (unpaired) electrons. The molecule has 0 spiro atoms. The molecule has 1 unspecified atom stereocenters. The average molecular weight is 520 g/mol. The lowest BCUT2D eigenvalue weighted by Crippen LogP contribution is -2.38. The van der Waals surface area contributed by atoms with Gasteiger partial charge in [0.25, 0.3) is 0 Å². The van der Waals surface area contributed by atoms with Gasteiger partial charge in [0.15, 0.2) is 5.96 Å². The first-order valence-corrected chi connectivity index (χ1v) is 10.5. The smallest absolute Gasteiger partial charge is 0.227 e. The standard InChI is InChI=1S/C24H32N4O.HI/c1-17-7-4-11-21(13-17)18(2)15-26-24(25-3)27-16-19-8-5-12-22(14-19)28-23(29)20-9-6-10-20;/h4-5,7-8,11-14,18,20H,6,9-10,15-16H2,1-3H3,(H,28,29)(H2,25,26,27);1H. The van der Waals surface area contributed by atoms with E-state index in [9.17, 15) is 4.79 Å². The van der Waals surface area contributed by atoms with Crippen LogP contribution in [0.1, 0.15) is 48.8 Å². The van der Waals surface area contributed by atoms with E-state index in [2.05, 4.69) is 65.1 Å². The van der Waals surface area contributed by atoms with Crippen LogP contribution < -0.4 is 16.0 Å². The topological polar surface area (TPSA) is 65.5 Å². The molecule has 2 aromatic rings. The largest absolute Gasteiger partial charge is 0.356 e. The number of benzene rings is 2. The van der Waals surface area contributed by atoms with Crippen LogP contribution in [0.15, 0.2) is 53.5 Å². The first-order valence-electron chi connectivity index (χ1n) is 10.5. The zero-order chi connectivity index (χ0) is 20.6. The first kappa shape index (κ1) is 24.2. The van der Waals surface area contributed by atoms with Gasteiger partial charge in [-0.2, -0.15) is 0 Å². The maximum absolute atomic E-state index is 12.1. The van der Waals surface area contributed by atoms with Crippen molar-refractivity contribution in [1.82, 2.24) is 10.6 Å². The molecule has 0 bridgehead atoms. The van der Waals surface area contributed by atoms with Crippen LogP contribution in [0.25, 0.3) is 0 Å². The Bertz CT molecular complexity index is 864. The summed E-state index contributed by atoms with van der Waals surface area (Å²) in [5.41, 5.74) is 4.56. The summed E-state index contributed by atoms with van der Waals surface area (Å²) in [5.74, 6) is 1.49. The van der Waals surface area contributed by atoms with Crippen molar-refractivity contribution in [3.05, 3.63) is 65.2 Å². The predicted molar refractivity (Wildman–Crippen MR) is 136 cm³/mol. The third-order valence-corrected chi connectivity index (χ3v) is 5.54. The zero-order valence-corrected chi connectivity index (χ0v) is 20.4. The number of guanidine groups is 1. The fraction of sp³-hybridized carbons (Fsp3) is 0.417. The third-order valence-electron chi connectivity index (χ3n) is 5.54. The highest BCUT2D eigenvalue weighted by Gasteiger charge is 2.25. The van der Waals surface area contributed by atoms with Crippen molar-refractivity contribution in [3.8, 4) is 0 Å². The third kappa shape index (κ3) is 7.00. The number of hydrogen-bond acceptors (Lipinski definition) is 2. The number of amides is 1. The van der Waals surface area contributed by atoms with Gasteiger partial charge < -0.3 is 16.0 Å². The molecule has 1 aliphatic rings. The fourth-order valence-electron chi connectivity index (χ4n) is 3.42. The highest BCUT2D eigenvalue weighted by molar-refractivity contribution is 14.0. The molecule has 1 saturated carbocycles. The van der Waals surface area contributed by atoms with Crippen molar-refractivity contribution in [2.45, 2.75) is 45.6 Å². The van der Waals surface area contributed by atoms with Crippen LogP contribution in [0.3, 0.4) is 0 Å². The lowest BCUT2D eigenvalue weighted by atomic mass is 9.85.